The van der Waals surface area contributed by atoms with Gasteiger partial charge in [0.25, 0.3) is 5.91 Å². The smallest absolute Gasteiger partial charge is 0.255 e. The van der Waals surface area contributed by atoms with Crippen molar-refractivity contribution in [2.45, 2.75) is 26.7 Å². The van der Waals surface area contributed by atoms with Gasteiger partial charge < -0.3 is 15.5 Å². The van der Waals surface area contributed by atoms with Gasteiger partial charge in [0.05, 0.1) is 0 Å². The number of hydrogen-bond donors (Lipinski definition) is 2. The maximum atomic E-state index is 12.5. The molecule has 0 aliphatic carbocycles. The van der Waals surface area contributed by atoms with Crippen LogP contribution in [0, 0.1) is 5.92 Å². The number of rotatable bonds is 4. The number of amides is 2. The van der Waals surface area contributed by atoms with E-state index in [-0.39, 0.29) is 11.8 Å². The van der Waals surface area contributed by atoms with Crippen molar-refractivity contribution in [1.29, 1.82) is 0 Å². The molecule has 0 radical (unpaired) electrons. The number of carbonyl (C=O) groups is 2. The summed E-state index contributed by atoms with van der Waals surface area (Å²) in [5.41, 5.74) is 1.95. The minimum Gasteiger partial charge on any atom is -0.357 e. The van der Waals surface area contributed by atoms with Gasteiger partial charge in [-0.25, -0.2) is 4.98 Å². The molecule has 1 aliphatic heterocycles. The van der Waals surface area contributed by atoms with Crippen molar-refractivity contribution in [2.75, 3.05) is 28.6 Å². The van der Waals surface area contributed by atoms with Crippen LogP contribution in [0.4, 0.5) is 17.2 Å². The topological polar surface area (TPSA) is 74.3 Å². The van der Waals surface area contributed by atoms with E-state index in [9.17, 15) is 9.59 Å². The van der Waals surface area contributed by atoms with E-state index in [0.29, 0.717) is 16.9 Å². The van der Waals surface area contributed by atoms with Crippen molar-refractivity contribution < 1.29 is 9.59 Å². The van der Waals surface area contributed by atoms with Crippen molar-refractivity contribution >= 4 is 29.0 Å². The zero-order chi connectivity index (χ0) is 18.5. The minimum atomic E-state index is -0.175. The lowest BCUT2D eigenvalue weighted by Gasteiger charge is -2.31. The first kappa shape index (κ1) is 17.9. The number of aromatic nitrogens is 1. The molecule has 1 aromatic carbocycles. The molecule has 3 rings (SSSR count). The summed E-state index contributed by atoms with van der Waals surface area (Å²) in [5, 5.41) is 5.58. The lowest BCUT2D eigenvalue weighted by atomic mass is 9.99. The third-order valence-corrected chi connectivity index (χ3v) is 4.58. The Kier molecular flexibility index (Phi) is 5.51. The van der Waals surface area contributed by atoms with Gasteiger partial charge in [-0.3, -0.25) is 9.59 Å². The molecule has 2 aromatic rings. The summed E-state index contributed by atoms with van der Waals surface area (Å²) in [6, 6.07) is 10.6. The van der Waals surface area contributed by atoms with Crippen LogP contribution in [-0.2, 0) is 4.79 Å². The molecule has 0 unspecified atom stereocenters. The summed E-state index contributed by atoms with van der Waals surface area (Å²) in [6.45, 7) is 5.68. The largest absolute Gasteiger partial charge is 0.357 e. The number of hydrogen-bond acceptors (Lipinski definition) is 4. The minimum absolute atomic E-state index is 0.127. The van der Waals surface area contributed by atoms with Gasteiger partial charge in [0, 0.05) is 43.1 Å². The first-order chi connectivity index (χ1) is 12.5. The molecule has 2 heterocycles. The molecular formula is C20H24N4O2. The van der Waals surface area contributed by atoms with E-state index in [1.54, 1.807) is 36.5 Å². The van der Waals surface area contributed by atoms with Crippen LogP contribution >= 0.6 is 0 Å². The molecule has 2 amide bonds. The first-order valence-electron chi connectivity index (χ1n) is 8.91. The van der Waals surface area contributed by atoms with Gasteiger partial charge in [-0.05, 0) is 55.2 Å². The SMILES string of the molecule is CC(=O)Nc1ccc(NC(=O)c2ccnc(N3CCC(C)CC3)c2)cc1. The van der Waals surface area contributed by atoms with E-state index in [2.05, 4.69) is 27.4 Å². The third kappa shape index (κ3) is 4.59. The van der Waals surface area contributed by atoms with E-state index < -0.39 is 0 Å². The highest BCUT2D eigenvalue weighted by molar-refractivity contribution is 6.04. The standard InChI is InChI=1S/C20H24N4O2/c1-14-8-11-24(12-9-14)19-13-16(7-10-21-19)20(26)23-18-5-3-17(4-6-18)22-15(2)25/h3-7,10,13-14H,8-9,11-12H2,1-2H3,(H,22,25)(H,23,26). The fourth-order valence-corrected chi connectivity index (χ4v) is 3.01. The summed E-state index contributed by atoms with van der Waals surface area (Å²) >= 11 is 0. The molecule has 2 N–H and O–H groups in total. The summed E-state index contributed by atoms with van der Waals surface area (Å²) in [5.74, 6) is 1.30. The summed E-state index contributed by atoms with van der Waals surface area (Å²) in [4.78, 5) is 30.2. The molecule has 1 aliphatic rings. The number of benzene rings is 1. The van der Waals surface area contributed by atoms with Crippen LogP contribution in [0.25, 0.3) is 0 Å². The molecular weight excluding hydrogens is 328 g/mol. The van der Waals surface area contributed by atoms with E-state index in [1.165, 1.54) is 6.92 Å². The Bertz CT molecular complexity index is 781. The summed E-state index contributed by atoms with van der Waals surface area (Å²) in [7, 11) is 0. The Morgan fingerprint density at radius 1 is 1.04 bits per heavy atom. The number of anilines is 3. The Morgan fingerprint density at radius 2 is 1.65 bits per heavy atom. The average molecular weight is 352 g/mol. The second-order valence-corrected chi connectivity index (χ2v) is 6.78. The first-order valence-corrected chi connectivity index (χ1v) is 8.91. The predicted molar refractivity (Wildman–Crippen MR) is 104 cm³/mol. The Labute approximate surface area is 153 Å². The second kappa shape index (κ2) is 7.99. The molecule has 1 saturated heterocycles. The van der Waals surface area contributed by atoms with Crippen LogP contribution in [0.5, 0.6) is 0 Å². The molecule has 26 heavy (non-hydrogen) atoms. The van der Waals surface area contributed by atoms with Crippen LogP contribution in [-0.4, -0.2) is 29.9 Å². The molecule has 0 saturated carbocycles. The Balaban J connectivity index is 1.66. The quantitative estimate of drug-likeness (QED) is 0.883. The van der Waals surface area contributed by atoms with E-state index in [0.717, 1.165) is 37.7 Å². The number of pyridine rings is 1. The molecule has 0 bridgehead atoms. The van der Waals surface area contributed by atoms with Gasteiger partial charge in [0.1, 0.15) is 5.82 Å². The van der Waals surface area contributed by atoms with Gasteiger partial charge in [0.15, 0.2) is 0 Å². The van der Waals surface area contributed by atoms with Crippen LogP contribution in [0.2, 0.25) is 0 Å². The molecule has 6 heteroatoms. The van der Waals surface area contributed by atoms with Crippen molar-refractivity contribution in [3.8, 4) is 0 Å². The van der Waals surface area contributed by atoms with Crippen LogP contribution in [0.15, 0.2) is 42.6 Å². The van der Waals surface area contributed by atoms with Crippen molar-refractivity contribution in [3.63, 3.8) is 0 Å². The fraction of sp³-hybridized carbons (Fsp3) is 0.350. The summed E-state index contributed by atoms with van der Waals surface area (Å²) in [6.07, 6.45) is 3.99. The van der Waals surface area contributed by atoms with Gasteiger partial charge in [0.2, 0.25) is 5.91 Å². The summed E-state index contributed by atoms with van der Waals surface area (Å²) < 4.78 is 0. The maximum Gasteiger partial charge on any atom is 0.255 e. The molecule has 6 nitrogen and oxygen atoms in total. The molecule has 0 atom stereocenters. The van der Waals surface area contributed by atoms with E-state index >= 15 is 0 Å². The Morgan fingerprint density at radius 3 is 2.27 bits per heavy atom. The van der Waals surface area contributed by atoms with Gasteiger partial charge in [-0.1, -0.05) is 6.92 Å². The van der Waals surface area contributed by atoms with Crippen molar-refractivity contribution in [1.82, 2.24) is 4.98 Å². The van der Waals surface area contributed by atoms with E-state index in [4.69, 9.17) is 0 Å². The molecule has 136 valence electrons. The number of nitrogens with zero attached hydrogens (tertiary/aromatic N) is 2. The molecule has 0 spiro atoms. The average Bonchev–Trinajstić information content (AvgIpc) is 2.63. The number of nitrogens with one attached hydrogen (secondary N) is 2. The van der Waals surface area contributed by atoms with Crippen LogP contribution < -0.4 is 15.5 Å². The van der Waals surface area contributed by atoms with Crippen LogP contribution in [0.3, 0.4) is 0 Å². The van der Waals surface area contributed by atoms with Gasteiger partial charge >= 0.3 is 0 Å². The highest BCUT2D eigenvalue weighted by Gasteiger charge is 2.18. The Hall–Kier alpha value is -2.89. The number of carbonyl (C=O) groups excluding carboxylic acids is 2. The highest BCUT2D eigenvalue weighted by atomic mass is 16.2. The lowest BCUT2D eigenvalue weighted by molar-refractivity contribution is -0.114. The zero-order valence-electron chi connectivity index (χ0n) is 15.2. The maximum absolute atomic E-state index is 12.5. The van der Waals surface area contributed by atoms with E-state index in [1.807, 2.05) is 6.07 Å². The van der Waals surface area contributed by atoms with Crippen LogP contribution in [0.1, 0.15) is 37.0 Å². The van der Waals surface area contributed by atoms with Gasteiger partial charge in [-0.2, -0.15) is 0 Å². The predicted octanol–water partition coefficient (Wildman–Crippen LogP) is 3.53. The highest BCUT2D eigenvalue weighted by Crippen LogP contribution is 2.22. The van der Waals surface area contributed by atoms with Gasteiger partial charge in [-0.15, -0.1) is 0 Å². The molecule has 1 fully saturated rings. The lowest BCUT2D eigenvalue weighted by Crippen LogP contribution is -2.33. The third-order valence-electron chi connectivity index (χ3n) is 4.58. The van der Waals surface area contributed by atoms with Crippen molar-refractivity contribution in [3.05, 3.63) is 48.2 Å². The van der Waals surface area contributed by atoms with Crippen molar-refractivity contribution in [2.24, 2.45) is 5.92 Å². The molecule has 1 aromatic heterocycles. The normalized spacial score (nSPS) is 14.8. The fourth-order valence-electron chi connectivity index (χ4n) is 3.01. The monoisotopic (exact) mass is 352 g/mol. The number of piperidine rings is 1. The zero-order valence-corrected chi connectivity index (χ0v) is 15.2. The second-order valence-electron chi connectivity index (χ2n) is 6.78.